The molecule has 4 nitrogen and oxygen atoms in total. The highest BCUT2D eigenvalue weighted by Gasteiger charge is 2.24. The van der Waals surface area contributed by atoms with Gasteiger partial charge in [-0.2, -0.15) is 0 Å². The van der Waals surface area contributed by atoms with E-state index >= 15 is 0 Å². The van der Waals surface area contributed by atoms with E-state index in [0.29, 0.717) is 35.3 Å². The van der Waals surface area contributed by atoms with E-state index < -0.39 is 5.60 Å². The van der Waals surface area contributed by atoms with E-state index in [-0.39, 0.29) is 6.09 Å². The van der Waals surface area contributed by atoms with E-state index in [4.69, 9.17) is 32.7 Å². The molecule has 0 fully saturated rings. The Labute approximate surface area is 147 Å². The summed E-state index contributed by atoms with van der Waals surface area (Å²) in [6, 6.07) is 3.51. The Morgan fingerprint density at radius 3 is 2.39 bits per heavy atom. The number of rotatable bonds is 2. The van der Waals surface area contributed by atoms with Gasteiger partial charge in [-0.3, -0.25) is 0 Å². The Balaban J connectivity index is 2.16. The number of benzene rings is 1. The van der Waals surface area contributed by atoms with Gasteiger partial charge < -0.3 is 14.4 Å². The molecule has 0 saturated heterocycles. The predicted octanol–water partition coefficient (Wildman–Crippen LogP) is 5.03. The number of carbonyl (C=O) groups is 1. The van der Waals surface area contributed by atoms with Gasteiger partial charge in [-0.1, -0.05) is 29.3 Å². The molecule has 0 aliphatic carbocycles. The van der Waals surface area contributed by atoms with Crippen LogP contribution in [-0.2, 0) is 4.74 Å². The minimum absolute atomic E-state index is 0.297. The van der Waals surface area contributed by atoms with E-state index in [1.807, 2.05) is 26.8 Å². The van der Waals surface area contributed by atoms with E-state index in [0.717, 1.165) is 11.1 Å². The van der Waals surface area contributed by atoms with Crippen LogP contribution in [0.15, 0.2) is 18.2 Å². The lowest BCUT2D eigenvalue weighted by atomic mass is 9.98. The molecule has 1 amide bonds. The van der Waals surface area contributed by atoms with Gasteiger partial charge in [0.05, 0.1) is 17.2 Å². The second kappa shape index (κ2) is 7.02. The third-order valence-electron chi connectivity index (χ3n) is 3.45. The van der Waals surface area contributed by atoms with E-state index in [9.17, 15) is 4.79 Å². The lowest BCUT2D eigenvalue weighted by Crippen LogP contribution is -2.39. The van der Waals surface area contributed by atoms with Gasteiger partial charge in [0.15, 0.2) is 0 Å². The first-order chi connectivity index (χ1) is 10.7. The summed E-state index contributed by atoms with van der Waals surface area (Å²) in [6.07, 6.45) is 2.40. The highest BCUT2D eigenvalue weighted by molar-refractivity contribution is 6.42. The number of nitrogens with zero attached hydrogens (tertiary/aromatic N) is 1. The maximum Gasteiger partial charge on any atom is 0.410 e. The minimum Gasteiger partial charge on any atom is -0.496 e. The molecule has 1 heterocycles. The Morgan fingerprint density at radius 1 is 1.22 bits per heavy atom. The zero-order valence-corrected chi connectivity index (χ0v) is 15.3. The quantitative estimate of drug-likeness (QED) is 0.745. The van der Waals surface area contributed by atoms with Crippen LogP contribution in [0, 0.1) is 0 Å². The van der Waals surface area contributed by atoms with Crippen molar-refractivity contribution >= 4 is 34.9 Å². The van der Waals surface area contributed by atoms with Crippen molar-refractivity contribution in [1.29, 1.82) is 0 Å². The standard InChI is InChI=1S/C17H21Cl2NO3/c1-17(2,3)23-16(21)20-7-5-11(6-8-20)12-9-13(18)14(19)10-15(12)22-4/h5,9-10H,6-8H2,1-4H3. The number of hydrogen-bond acceptors (Lipinski definition) is 3. The van der Waals surface area contributed by atoms with Crippen LogP contribution in [0.1, 0.15) is 32.8 Å². The molecule has 0 atom stereocenters. The van der Waals surface area contributed by atoms with Crippen LogP contribution in [0.3, 0.4) is 0 Å². The number of amides is 1. The van der Waals surface area contributed by atoms with Gasteiger partial charge in [0.1, 0.15) is 11.4 Å². The normalized spacial score (nSPS) is 15.2. The zero-order chi connectivity index (χ0) is 17.2. The highest BCUT2D eigenvalue weighted by Crippen LogP contribution is 2.36. The van der Waals surface area contributed by atoms with Crippen molar-refractivity contribution in [2.45, 2.75) is 32.8 Å². The van der Waals surface area contributed by atoms with Crippen LogP contribution >= 0.6 is 23.2 Å². The summed E-state index contributed by atoms with van der Waals surface area (Å²) in [5, 5.41) is 0.942. The molecule has 1 aliphatic rings. The first-order valence-electron chi connectivity index (χ1n) is 7.41. The fourth-order valence-electron chi connectivity index (χ4n) is 2.35. The van der Waals surface area contributed by atoms with Crippen LogP contribution in [0.4, 0.5) is 4.79 Å². The van der Waals surface area contributed by atoms with Crippen LogP contribution < -0.4 is 4.74 Å². The smallest absolute Gasteiger partial charge is 0.410 e. The number of halogens is 2. The number of ether oxygens (including phenoxy) is 2. The van der Waals surface area contributed by atoms with Crippen molar-refractivity contribution in [3.63, 3.8) is 0 Å². The maximum absolute atomic E-state index is 12.1. The summed E-state index contributed by atoms with van der Waals surface area (Å²) < 4.78 is 10.8. The first kappa shape index (κ1) is 18.0. The maximum atomic E-state index is 12.1. The van der Waals surface area contributed by atoms with Gasteiger partial charge in [-0.15, -0.1) is 0 Å². The fraction of sp³-hybridized carbons (Fsp3) is 0.471. The van der Waals surface area contributed by atoms with Crippen molar-refractivity contribution in [2.75, 3.05) is 20.2 Å². The second-order valence-corrected chi connectivity index (χ2v) is 7.19. The predicted molar refractivity (Wildman–Crippen MR) is 93.4 cm³/mol. The van der Waals surface area contributed by atoms with Crippen LogP contribution in [0.2, 0.25) is 10.0 Å². The summed E-state index contributed by atoms with van der Waals surface area (Å²) in [5.74, 6) is 0.677. The third-order valence-corrected chi connectivity index (χ3v) is 4.17. The molecule has 0 N–H and O–H groups in total. The molecule has 0 unspecified atom stereocenters. The van der Waals surface area contributed by atoms with E-state index in [2.05, 4.69) is 0 Å². The Bertz CT molecular complexity index is 635. The number of methoxy groups -OCH3 is 1. The monoisotopic (exact) mass is 357 g/mol. The molecule has 6 heteroatoms. The summed E-state index contributed by atoms with van der Waals surface area (Å²) in [5.41, 5.74) is 1.50. The molecule has 126 valence electrons. The largest absolute Gasteiger partial charge is 0.496 e. The van der Waals surface area contributed by atoms with Gasteiger partial charge >= 0.3 is 6.09 Å². The van der Waals surface area contributed by atoms with E-state index in [1.165, 1.54) is 0 Å². The summed E-state index contributed by atoms with van der Waals surface area (Å²) in [6.45, 7) is 6.65. The molecule has 0 aromatic heterocycles. The molecule has 0 saturated carbocycles. The van der Waals surface area contributed by atoms with Crippen molar-refractivity contribution in [1.82, 2.24) is 4.90 Å². The Kier molecular flexibility index (Phi) is 5.48. The molecular weight excluding hydrogens is 337 g/mol. The van der Waals surface area contributed by atoms with Crippen molar-refractivity contribution < 1.29 is 14.3 Å². The van der Waals surface area contributed by atoms with Gasteiger partial charge in [0.2, 0.25) is 0 Å². The second-order valence-electron chi connectivity index (χ2n) is 6.37. The summed E-state index contributed by atoms with van der Waals surface area (Å²) in [4.78, 5) is 13.8. The Morgan fingerprint density at radius 2 is 1.87 bits per heavy atom. The molecule has 1 aromatic rings. The molecular formula is C17H21Cl2NO3. The SMILES string of the molecule is COc1cc(Cl)c(Cl)cc1C1=CCN(C(=O)OC(C)(C)C)CC1. The summed E-state index contributed by atoms with van der Waals surface area (Å²) in [7, 11) is 1.60. The van der Waals surface area contributed by atoms with Crippen LogP contribution in [-0.4, -0.2) is 36.8 Å². The molecule has 0 bridgehead atoms. The fourth-order valence-corrected chi connectivity index (χ4v) is 2.67. The zero-order valence-electron chi connectivity index (χ0n) is 13.8. The molecule has 1 aliphatic heterocycles. The average molecular weight is 358 g/mol. The van der Waals surface area contributed by atoms with E-state index in [1.54, 1.807) is 24.1 Å². The molecule has 23 heavy (non-hydrogen) atoms. The lowest BCUT2D eigenvalue weighted by molar-refractivity contribution is 0.0270. The topological polar surface area (TPSA) is 38.8 Å². The van der Waals surface area contributed by atoms with Crippen molar-refractivity contribution in [3.8, 4) is 5.75 Å². The first-order valence-corrected chi connectivity index (χ1v) is 8.17. The van der Waals surface area contributed by atoms with Gasteiger partial charge in [-0.05, 0) is 38.8 Å². The van der Waals surface area contributed by atoms with Crippen molar-refractivity contribution in [3.05, 3.63) is 33.8 Å². The van der Waals surface area contributed by atoms with Crippen LogP contribution in [0.25, 0.3) is 5.57 Å². The summed E-state index contributed by atoms with van der Waals surface area (Å²) >= 11 is 12.1. The Hall–Kier alpha value is -1.39. The highest BCUT2D eigenvalue weighted by atomic mass is 35.5. The number of carbonyl (C=O) groups excluding carboxylic acids is 1. The van der Waals surface area contributed by atoms with Gasteiger partial charge in [0.25, 0.3) is 0 Å². The van der Waals surface area contributed by atoms with Gasteiger partial charge in [0, 0.05) is 24.7 Å². The molecule has 1 aromatic carbocycles. The van der Waals surface area contributed by atoms with Gasteiger partial charge in [-0.25, -0.2) is 4.79 Å². The van der Waals surface area contributed by atoms with Crippen molar-refractivity contribution in [2.24, 2.45) is 0 Å². The molecule has 2 rings (SSSR count). The lowest BCUT2D eigenvalue weighted by Gasteiger charge is -2.30. The third kappa shape index (κ3) is 4.55. The molecule has 0 radical (unpaired) electrons. The minimum atomic E-state index is -0.492. The molecule has 0 spiro atoms. The number of hydrogen-bond donors (Lipinski definition) is 0. The van der Waals surface area contributed by atoms with Crippen LogP contribution in [0.5, 0.6) is 5.75 Å². The average Bonchev–Trinajstić information content (AvgIpc) is 2.48.